The molecule has 0 bridgehead atoms. The molecule has 2 aromatic rings. The summed E-state index contributed by atoms with van der Waals surface area (Å²) in [5.74, 6) is -0.947. The van der Waals surface area contributed by atoms with Crippen molar-refractivity contribution in [2.24, 2.45) is 5.73 Å². The van der Waals surface area contributed by atoms with E-state index in [1.165, 1.54) is 23.2 Å². The lowest BCUT2D eigenvalue weighted by Gasteiger charge is -2.17. The van der Waals surface area contributed by atoms with Gasteiger partial charge in [-0.3, -0.25) is 4.79 Å². The highest BCUT2D eigenvalue weighted by molar-refractivity contribution is 6.32. The first-order valence-electron chi connectivity index (χ1n) is 7.10. The first kappa shape index (κ1) is 22.5. The molecule has 0 spiro atoms. The molecular weight excluding hydrogens is 418 g/mol. The Morgan fingerprint density at radius 2 is 2.04 bits per heavy atom. The van der Waals surface area contributed by atoms with Gasteiger partial charge in [-0.2, -0.15) is 18.3 Å². The van der Waals surface area contributed by atoms with Crippen molar-refractivity contribution in [1.82, 2.24) is 19.7 Å². The molecule has 1 saturated heterocycles. The second-order valence-electron chi connectivity index (χ2n) is 5.43. The Morgan fingerprint density at radius 1 is 1.35 bits per heavy atom. The lowest BCUT2D eigenvalue weighted by atomic mass is 10.2. The molecule has 1 unspecified atom stereocenters. The van der Waals surface area contributed by atoms with Gasteiger partial charge >= 0.3 is 6.18 Å². The third-order valence-electron chi connectivity index (χ3n) is 3.72. The second-order valence-corrected chi connectivity index (χ2v) is 5.83. The van der Waals surface area contributed by atoms with Crippen LogP contribution in [0.1, 0.15) is 22.5 Å². The zero-order valence-corrected chi connectivity index (χ0v) is 15.5. The van der Waals surface area contributed by atoms with Crippen LogP contribution in [0.3, 0.4) is 0 Å². The summed E-state index contributed by atoms with van der Waals surface area (Å²) >= 11 is 5.91. The summed E-state index contributed by atoms with van der Waals surface area (Å²) in [6.07, 6.45) is -2.07. The van der Waals surface area contributed by atoms with E-state index in [0.29, 0.717) is 17.6 Å². The number of hydrogen-bond donors (Lipinski definition) is 1. The van der Waals surface area contributed by atoms with E-state index < -0.39 is 23.3 Å². The van der Waals surface area contributed by atoms with Crippen molar-refractivity contribution in [1.29, 1.82) is 0 Å². The third kappa shape index (κ3) is 4.22. The molecular formula is C14H15Cl3F3N5O. The largest absolute Gasteiger partial charge is 0.434 e. The van der Waals surface area contributed by atoms with E-state index in [9.17, 15) is 18.0 Å². The highest BCUT2D eigenvalue weighted by Gasteiger charge is 2.42. The van der Waals surface area contributed by atoms with Crippen LogP contribution in [0.25, 0.3) is 5.82 Å². The highest BCUT2D eigenvalue weighted by atomic mass is 35.5. The Balaban J connectivity index is 0.00000169. The van der Waals surface area contributed by atoms with Gasteiger partial charge in [-0.05, 0) is 18.6 Å². The number of nitrogens with two attached hydrogens (primary N) is 1. The lowest BCUT2D eigenvalue weighted by molar-refractivity contribution is -0.143. The average molecular weight is 433 g/mol. The number of amides is 1. The van der Waals surface area contributed by atoms with Crippen LogP contribution in [0, 0.1) is 0 Å². The molecule has 144 valence electrons. The van der Waals surface area contributed by atoms with E-state index in [0.717, 1.165) is 6.20 Å². The van der Waals surface area contributed by atoms with Crippen molar-refractivity contribution in [3.8, 4) is 5.82 Å². The summed E-state index contributed by atoms with van der Waals surface area (Å²) in [7, 11) is 0. The molecule has 0 radical (unpaired) electrons. The van der Waals surface area contributed by atoms with Gasteiger partial charge in [0.15, 0.2) is 11.5 Å². The van der Waals surface area contributed by atoms with Gasteiger partial charge in [0.25, 0.3) is 5.91 Å². The van der Waals surface area contributed by atoms with Crippen molar-refractivity contribution < 1.29 is 18.0 Å². The lowest BCUT2D eigenvalue weighted by Crippen LogP contribution is -2.33. The highest BCUT2D eigenvalue weighted by Crippen LogP contribution is 2.35. The van der Waals surface area contributed by atoms with Gasteiger partial charge < -0.3 is 10.6 Å². The maximum atomic E-state index is 13.6. The van der Waals surface area contributed by atoms with Gasteiger partial charge in [0.1, 0.15) is 0 Å². The smallest absolute Gasteiger partial charge is 0.337 e. The monoisotopic (exact) mass is 431 g/mol. The maximum absolute atomic E-state index is 13.6. The number of nitrogens with zero attached hydrogens (tertiary/aromatic N) is 4. The SMILES string of the molecule is Cl.Cl.NC1CCN(C(=O)c2cnn(-c3ncccc3Cl)c2C(F)(F)F)C1. The quantitative estimate of drug-likeness (QED) is 0.791. The zero-order chi connectivity index (χ0) is 17.5. The summed E-state index contributed by atoms with van der Waals surface area (Å²) in [5.41, 5.74) is 3.97. The normalized spacial score (nSPS) is 16.8. The van der Waals surface area contributed by atoms with E-state index >= 15 is 0 Å². The Morgan fingerprint density at radius 3 is 2.58 bits per heavy atom. The first-order chi connectivity index (χ1) is 11.3. The number of hydrogen-bond acceptors (Lipinski definition) is 4. The van der Waals surface area contributed by atoms with E-state index in [1.807, 2.05) is 0 Å². The number of carbonyl (C=O) groups is 1. The molecule has 2 aromatic heterocycles. The van der Waals surface area contributed by atoms with Gasteiger partial charge in [-0.15, -0.1) is 24.8 Å². The molecule has 26 heavy (non-hydrogen) atoms. The Kier molecular flexibility index (Phi) is 7.29. The van der Waals surface area contributed by atoms with Crippen molar-refractivity contribution in [2.45, 2.75) is 18.6 Å². The van der Waals surface area contributed by atoms with E-state index in [2.05, 4.69) is 10.1 Å². The number of likely N-dealkylation sites (tertiary alicyclic amines) is 1. The minimum absolute atomic E-state index is 0. The summed E-state index contributed by atoms with van der Waals surface area (Å²) in [5, 5.41) is 3.69. The van der Waals surface area contributed by atoms with Crippen LogP contribution in [0.2, 0.25) is 5.02 Å². The van der Waals surface area contributed by atoms with Crippen molar-refractivity contribution in [2.75, 3.05) is 13.1 Å². The topological polar surface area (TPSA) is 77.0 Å². The van der Waals surface area contributed by atoms with Gasteiger partial charge in [-0.25, -0.2) is 9.67 Å². The fourth-order valence-corrected chi connectivity index (χ4v) is 2.82. The summed E-state index contributed by atoms with van der Waals surface area (Å²) in [6.45, 7) is 0.526. The molecule has 1 aliphatic rings. The minimum Gasteiger partial charge on any atom is -0.337 e. The van der Waals surface area contributed by atoms with Crippen LogP contribution in [0.5, 0.6) is 0 Å². The number of pyridine rings is 1. The van der Waals surface area contributed by atoms with Gasteiger partial charge in [0.2, 0.25) is 0 Å². The number of rotatable bonds is 2. The van der Waals surface area contributed by atoms with Crippen LogP contribution in [-0.4, -0.2) is 44.7 Å². The molecule has 0 aromatic carbocycles. The van der Waals surface area contributed by atoms with Crippen LogP contribution >= 0.6 is 36.4 Å². The molecule has 0 saturated carbocycles. The van der Waals surface area contributed by atoms with Crippen LogP contribution < -0.4 is 5.73 Å². The van der Waals surface area contributed by atoms with E-state index in [-0.39, 0.29) is 48.2 Å². The van der Waals surface area contributed by atoms with Crippen LogP contribution in [-0.2, 0) is 6.18 Å². The molecule has 6 nitrogen and oxygen atoms in total. The average Bonchev–Trinajstić information content (AvgIpc) is 3.13. The summed E-state index contributed by atoms with van der Waals surface area (Å²) in [6, 6.07) is 2.65. The number of alkyl halides is 3. The Labute approximate surface area is 164 Å². The predicted octanol–water partition coefficient (Wildman–Crippen LogP) is 2.96. The molecule has 1 atom stereocenters. The fraction of sp³-hybridized carbons (Fsp3) is 0.357. The second kappa shape index (κ2) is 8.43. The third-order valence-corrected chi connectivity index (χ3v) is 4.01. The van der Waals surface area contributed by atoms with Crippen LogP contribution in [0.4, 0.5) is 13.2 Å². The maximum Gasteiger partial charge on any atom is 0.434 e. The van der Waals surface area contributed by atoms with E-state index in [4.69, 9.17) is 17.3 Å². The first-order valence-corrected chi connectivity index (χ1v) is 7.48. The number of carbonyl (C=O) groups excluding carboxylic acids is 1. The molecule has 1 fully saturated rings. The van der Waals surface area contributed by atoms with E-state index in [1.54, 1.807) is 0 Å². The molecule has 3 heterocycles. The van der Waals surface area contributed by atoms with Crippen molar-refractivity contribution in [3.05, 3.63) is 40.8 Å². The molecule has 3 rings (SSSR count). The Hall–Kier alpha value is -1.55. The van der Waals surface area contributed by atoms with Gasteiger partial charge in [-0.1, -0.05) is 11.6 Å². The number of aromatic nitrogens is 3. The standard InChI is InChI=1S/C14H13ClF3N5O.2ClH/c15-10-2-1-4-20-12(10)23-11(14(16,17)18)9(6-21-23)13(24)22-5-3-8(19)7-22;;/h1-2,4,6,8H,3,5,7,19H2;2*1H. The van der Waals surface area contributed by atoms with Gasteiger partial charge in [0.05, 0.1) is 16.8 Å². The fourth-order valence-electron chi connectivity index (χ4n) is 2.61. The molecule has 0 aliphatic carbocycles. The molecule has 1 amide bonds. The zero-order valence-electron chi connectivity index (χ0n) is 13.1. The summed E-state index contributed by atoms with van der Waals surface area (Å²) in [4.78, 5) is 17.6. The number of halogens is 6. The van der Waals surface area contributed by atoms with Crippen molar-refractivity contribution >= 4 is 42.3 Å². The summed E-state index contributed by atoms with van der Waals surface area (Å²) < 4.78 is 41.2. The van der Waals surface area contributed by atoms with Crippen LogP contribution in [0.15, 0.2) is 24.5 Å². The van der Waals surface area contributed by atoms with Gasteiger partial charge in [0, 0.05) is 25.3 Å². The predicted molar refractivity (Wildman–Crippen MR) is 94.4 cm³/mol. The molecule has 1 aliphatic heterocycles. The Bertz CT molecular complexity index is 783. The molecule has 2 N–H and O–H groups in total. The van der Waals surface area contributed by atoms with Crippen molar-refractivity contribution in [3.63, 3.8) is 0 Å². The minimum atomic E-state index is -4.80. The molecule has 12 heteroatoms.